The number of benzene rings is 1. The number of rotatable bonds is 4. The van der Waals surface area contributed by atoms with Gasteiger partial charge in [0.2, 0.25) is 11.7 Å². The van der Waals surface area contributed by atoms with Crippen LogP contribution in [-0.4, -0.2) is 42.1 Å². The van der Waals surface area contributed by atoms with Crippen LogP contribution in [0.2, 0.25) is 0 Å². The van der Waals surface area contributed by atoms with Gasteiger partial charge in [-0.3, -0.25) is 4.79 Å². The summed E-state index contributed by atoms with van der Waals surface area (Å²) in [5, 5.41) is 4.16. The molecule has 2 aromatic heterocycles. The van der Waals surface area contributed by atoms with Crippen molar-refractivity contribution in [3.8, 4) is 11.5 Å². The van der Waals surface area contributed by atoms with Gasteiger partial charge in [0.25, 0.3) is 0 Å². The molecule has 7 heteroatoms. The van der Waals surface area contributed by atoms with Gasteiger partial charge in [-0.05, 0) is 49.2 Å². The van der Waals surface area contributed by atoms with E-state index in [2.05, 4.69) is 10.1 Å². The Bertz CT molecular complexity index is 969. The van der Waals surface area contributed by atoms with Crippen LogP contribution in [0.3, 0.4) is 0 Å². The van der Waals surface area contributed by atoms with Crippen LogP contribution in [0.5, 0.6) is 0 Å². The quantitative estimate of drug-likeness (QED) is 0.693. The van der Waals surface area contributed by atoms with Crippen molar-refractivity contribution in [3.05, 3.63) is 60.2 Å². The number of piperazine rings is 1. The van der Waals surface area contributed by atoms with E-state index >= 15 is 0 Å². The maximum Gasteiger partial charge on any atom is 0.235 e. The third-order valence-corrected chi connectivity index (χ3v) is 5.68. The normalized spacial score (nSPS) is 18.3. The molecule has 1 aliphatic carbocycles. The second kappa shape index (κ2) is 6.51. The molecule has 1 aliphatic heterocycles. The third-order valence-electron chi connectivity index (χ3n) is 5.68. The SMILES string of the molecule is O=C(N1CCN(c2ccc(F)cc2)CC1)C1(c2cc(-c3ccco3)on2)CC1. The van der Waals surface area contributed by atoms with Crippen molar-refractivity contribution in [2.75, 3.05) is 31.1 Å². The monoisotopic (exact) mass is 381 g/mol. The molecular formula is C21H20FN3O3. The molecule has 0 bridgehead atoms. The summed E-state index contributed by atoms with van der Waals surface area (Å²) < 4.78 is 23.9. The van der Waals surface area contributed by atoms with Crippen molar-refractivity contribution in [2.24, 2.45) is 0 Å². The molecule has 28 heavy (non-hydrogen) atoms. The first-order chi connectivity index (χ1) is 13.7. The minimum atomic E-state index is -0.563. The van der Waals surface area contributed by atoms with Gasteiger partial charge < -0.3 is 18.7 Å². The number of hydrogen-bond donors (Lipinski definition) is 0. The average molecular weight is 381 g/mol. The molecule has 3 heterocycles. The Labute approximate surface area is 161 Å². The summed E-state index contributed by atoms with van der Waals surface area (Å²) in [5.41, 5.74) is 1.10. The largest absolute Gasteiger partial charge is 0.461 e. The molecule has 1 aromatic carbocycles. The number of anilines is 1. The van der Waals surface area contributed by atoms with Crippen LogP contribution in [0.25, 0.3) is 11.5 Å². The fraction of sp³-hybridized carbons (Fsp3) is 0.333. The summed E-state index contributed by atoms with van der Waals surface area (Å²) in [6, 6.07) is 11.9. The van der Waals surface area contributed by atoms with Crippen molar-refractivity contribution in [1.29, 1.82) is 0 Å². The molecular weight excluding hydrogens is 361 g/mol. The number of aromatic nitrogens is 1. The molecule has 3 aromatic rings. The Hall–Kier alpha value is -3.09. The van der Waals surface area contributed by atoms with E-state index in [1.54, 1.807) is 30.5 Å². The lowest BCUT2D eigenvalue weighted by Gasteiger charge is -2.37. The number of amides is 1. The summed E-state index contributed by atoms with van der Waals surface area (Å²) in [6.45, 7) is 2.73. The van der Waals surface area contributed by atoms with Gasteiger partial charge in [0, 0.05) is 37.9 Å². The maximum absolute atomic E-state index is 13.2. The van der Waals surface area contributed by atoms with E-state index in [1.165, 1.54) is 12.1 Å². The highest BCUT2D eigenvalue weighted by Gasteiger charge is 2.55. The summed E-state index contributed by atoms with van der Waals surface area (Å²) in [5.74, 6) is 1.02. The zero-order valence-corrected chi connectivity index (χ0v) is 15.3. The van der Waals surface area contributed by atoms with Crippen LogP contribution in [-0.2, 0) is 10.2 Å². The van der Waals surface area contributed by atoms with Gasteiger partial charge in [-0.1, -0.05) is 5.16 Å². The first kappa shape index (κ1) is 17.0. The van der Waals surface area contributed by atoms with Crippen LogP contribution < -0.4 is 4.90 Å². The Morgan fingerprint density at radius 3 is 2.43 bits per heavy atom. The lowest BCUT2D eigenvalue weighted by Crippen LogP contribution is -2.51. The van der Waals surface area contributed by atoms with Crippen molar-refractivity contribution >= 4 is 11.6 Å². The lowest BCUT2D eigenvalue weighted by molar-refractivity contribution is -0.134. The van der Waals surface area contributed by atoms with Crippen molar-refractivity contribution < 1.29 is 18.1 Å². The van der Waals surface area contributed by atoms with Gasteiger partial charge in [0.05, 0.1) is 17.4 Å². The van der Waals surface area contributed by atoms with E-state index < -0.39 is 5.41 Å². The van der Waals surface area contributed by atoms with E-state index in [4.69, 9.17) is 8.94 Å². The maximum atomic E-state index is 13.2. The van der Waals surface area contributed by atoms with Crippen LogP contribution in [0.1, 0.15) is 18.5 Å². The highest BCUT2D eigenvalue weighted by Crippen LogP contribution is 2.50. The van der Waals surface area contributed by atoms with Gasteiger partial charge in [-0.25, -0.2) is 4.39 Å². The van der Waals surface area contributed by atoms with E-state index in [0.717, 1.165) is 31.6 Å². The predicted octanol–water partition coefficient (Wildman–Crippen LogP) is 3.45. The van der Waals surface area contributed by atoms with Gasteiger partial charge >= 0.3 is 0 Å². The standard InChI is InChI=1S/C21H20FN3O3/c22-15-3-5-16(6-4-15)24-9-11-25(12-10-24)20(26)21(7-8-21)19-14-18(28-23-19)17-2-1-13-27-17/h1-6,13-14H,7-12H2. The predicted molar refractivity (Wildman–Crippen MR) is 100 cm³/mol. The lowest BCUT2D eigenvalue weighted by atomic mass is 9.99. The molecule has 0 radical (unpaired) electrons. The topological polar surface area (TPSA) is 62.7 Å². The molecule has 0 unspecified atom stereocenters. The molecule has 2 fully saturated rings. The smallest absolute Gasteiger partial charge is 0.235 e. The van der Waals surface area contributed by atoms with Crippen molar-refractivity contribution in [2.45, 2.75) is 18.3 Å². The Kier molecular flexibility index (Phi) is 3.96. The molecule has 5 rings (SSSR count). The number of carbonyl (C=O) groups excluding carboxylic acids is 1. The number of hydrogen-bond acceptors (Lipinski definition) is 5. The highest BCUT2D eigenvalue weighted by atomic mass is 19.1. The number of halogens is 1. The van der Waals surface area contributed by atoms with Gasteiger partial charge in [0.15, 0.2) is 5.76 Å². The minimum Gasteiger partial charge on any atom is -0.461 e. The van der Waals surface area contributed by atoms with Gasteiger partial charge in [0.1, 0.15) is 5.82 Å². The minimum absolute atomic E-state index is 0.116. The fourth-order valence-corrected chi connectivity index (χ4v) is 3.86. The first-order valence-electron chi connectivity index (χ1n) is 9.47. The Morgan fingerprint density at radius 2 is 1.79 bits per heavy atom. The Balaban J connectivity index is 1.27. The van der Waals surface area contributed by atoms with E-state index in [-0.39, 0.29) is 11.7 Å². The zero-order chi connectivity index (χ0) is 19.1. The number of furan rings is 1. The molecule has 6 nitrogen and oxygen atoms in total. The number of nitrogens with zero attached hydrogens (tertiary/aromatic N) is 3. The summed E-state index contributed by atoms with van der Waals surface area (Å²) in [4.78, 5) is 17.3. The van der Waals surface area contributed by atoms with Crippen molar-refractivity contribution in [3.63, 3.8) is 0 Å². The Morgan fingerprint density at radius 1 is 1.04 bits per heavy atom. The second-order valence-corrected chi connectivity index (χ2v) is 7.39. The molecule has 144 valence electrons. The molecule has 1 saturated heterocycles. The van der Waals surface area contributed by atoms with Gasteiger partial charge in [-0.15, -0.1) is 0 Å². The molecule has 0 spiro atoms. The first-order valence-corrected chi connectivity index (χ1v) is 9.47. The van der Waals surface area contributed by atoms with E-state index in [0.29, 0.717) is 30.3 Å². The van der Waals surface area contributed by atoms with Crippen LogP contribution in [0.15, 0.2) is 57.7 Å². The highest BCUT2D eigenvalue weighted by molar-refractivity contribution is 5.91. The number of carbonyl (C=O) groups is 1. The van der Waals surface area contributed by atoms with E-state index in [9.17, 15) is 9.18 Å². The van der Waals surface area contributed by atoms with Crippen LogP contribution >= 0.6 is 0 Å². The average Bonchev–Trinajstić information content (AvgIpc) is 3.13. The summed E-state index contributed by atoms with van der Waals surface area (Å²) in [7, 11) is 0. The molecule has 1 saturated carbocycles. The van der Waals surface area contributed by atoms with Gasteiger partial charge in [-0.2, -0.15) is 0 Å². The van der Waals surface area contributed by atoms with E-state index in [1.807, 2.05) is 11.0 Å². The van der Waals surface area contributed by atoms with Crippen molar-refractivity contribution in [1.82, 2.24) is 10.1 Å². The second-order valence-electron chi connectivity index (χ2n) is 7.39. The zero-order valence-electron chi connectivity index (χ0n) is 15.3. The summed E-state index contributed by atoms with van der Waals surface area (Å²) in [6.07, 6.45) is 3.15. The fourth-order valence-electron chi connectivity index (χ4n) is 3.86. The summed E-state index contributed by atoms with van der Waals surface area (Å²) >= 11 is 0. The third kappa shape index (κ3) is 2.87. The molecule has 1 amide bonds. The molecule has 2 aliphatic rings. The van der Waals surface area contributed by atoms with Crippen LogP contribution in [0, 0.1) is 5.82 Å². The molecule has 0 N–H and O–H groups in total. The molecule has 0 atom stereocenters. The van der Waals surface area contributed by atoms with Crippen LogP contribution in [0.4, 0.5) is 10.1 Å².